The number of hydrogen-bond donors (Lipinski definition) is 0. The largest absolute Gasteiger partial charge is 1.00 e. The van der Waals surface area contributed by atoms with Gasteiger partial charge in [-0.1, -0.05) is 71.1 Å². The minimum atomic E-state index is -1.86. The van der Waals surface area contributed by atoms with Crippen molar-refractivity contribution in [3.8, 4) is 0 Å². The van der Waals surface area contributed by atoms with Crippen molar-refractivity contribution >= 4 is 26.5 Å². The summed E-state index contributed by atoms with van der Waals surface area (Å²) >= 11 is 0. The molecule has 0 fully saturated rings. The quantitative estimate of drug-likeness (QED) is 0.145. The molecule has 0 heterocycles. The molecule has 1 atom stereocenters. The van der Waals surface area contributed by atoms with Gasteiger partial charge < -0.3 is 26.6 Å². The van der Waals surface area contributed by atoms with E-state index in [2.05, 4.69) is 6.92 Å². The van der Waals surface area contributed by atoms with Gasteiger partial charge in [-0.15, -0.1) is 0 Å². The fourth-order valence-corrected chi connectivity index (χ4v) is 4.65. The van der Waals surface area contributed by atoms with E-state index < -0.39 is 32.2 Å². The van der Waals surface area contributed by atoms with Gasteiger partial charge in [0.2, 0.25) is 0 Å². The molecule has 0 spiro atoms. The van der Waals surface area contributed by atoms with Gasteiger partial charge in [-0.2, -0.15) is 0 Å². The number of esters is 3. The number of hydrogen-bond acceptors (Lipinski definition) is 6. The Bertz CT molecular complexity index is 418. The van der Waals surface area contributed by atoms with Crippen LogP contribution in [0.5, 0.6) is 0 Å². The third-order valence-corrected chi connectivity index (χ3v) is 5.86. The van der Waals surface area contributed by atoms with Gasteiger partial charge in [-0.3, -0.25) is 14.4 Å². The summed E-state index contributed by atoms with van der Waals surface area (Å²) in [4.78, 5) is 34.1. The van der Waals surface area contributed by atoms with Gasteiger partial charge >= 0.3 is 23.6 Å². The zero-order chi connectivity index (χ0) is 21.3. The van der Waals surface area contributed by atoms with Crippen LogP contribution in [0.2, 0.25) is 0 Å². The molecular formula is C21H40ClO6P. The van der Waals surface area contributed by atoms with E-state index in [0.29, 0.717) is 6.16 Å². The summed E-state index contributed by atoms with van der Waals surface area (Å²) in [7, 11) is -0.721. The van der Waals surface area contributed by atoms with Gasteiger partial charge in [0.1, 0.15) is 8.58 Å². The SMILES string of the molecule is CCCCCCCCCCCCCC[PH2+]C(OC(C)=O)(OC(C)=O)OC(C)=O.[Cl-]. The second kappa shape index (κ2) is 19.1. The van der Waals surface area contributed by atoms with Crippen LogP contribution in [0.4, 0.5) is 0 Å². The summed E-state index contributed by atoms with van der Waals surface area (Å²) in [5.41, 5.74) is -1.86. The molecule has 8 heteroatoms. The molecule has 1 unspecified atom stereocenters. The Labute approximate surface area is 184 Å². The topological polar surface area (TPSA) is 78.9 Å². The predicted molar refractivity (Wildman–Crippen MR) is 114 cm³/mol. The molecule has 0 aromatic rings. The van der Waals surface area contributed by atoms with Crippen LogP contribution >= 0.6 is 8.58 Å². The molecule has 0 aromatic carbocycles. The predicted octanol–water partition coefficient (Wildman–Crippen LogP) is 2.40. The molecule has 29 heavy (non-hydrogen) atoms. The summed E-state index contributed by atoms with van der Waals surface area (Å²) in [5.74, 6) is -1.95. The number of rotatable bonds is 17. The van der Waals surface area contributed by atoms with E-state index in [0.717, 1.165) is 19.3 Å². The van der Waals surface area contributed by atoms with Gasteiger partial charge in [-0.05, 0) is 12.8 Å². The number of carbonyl (C=O) groups excluding carboxylic acids is 3. The number of unbranched alkanes of at least 4 members (excludes halogenated alkanes) is 11. The Hall–Kier alpha value is -0.870. The lowest BCUT2D eigenvalue weighted by Gasteiger charge is -2.24. The molecule has 0 saturated carbocycles. The molecular weight excluding hydrogens is 415 g/mol. The minimum Gasteiger partial charge on any atom is -1.00 e. The lowest BCUT2D eigenvalue weighted by Crippen LogP contribution is -3.00. The lowest BCUT2D eigenvalue weighted by molar-refractivity contribution is -0.277. The second-order valence-corrected chi connectivity index (χ2v) is 8.96. The van der Waals surface area contributed by atoms with E-state index in [1.54, 1.807) is 0 Å². The summed E-state index contributed by atoms with van der Waals surface area (Å²) < 4.78 is 15.2. The normalized spacial score (nSPS) is 11.2. The van der Waals surface area contributed by atoms with Crippen molar-refractivity contribution in [3.05, 3.63) is 0 Å². The molecule has 0 aliphatic heterocycles. The summed E-state index contributed by atoms with van der Waals surface area (Å²) in [6.07, 6.45) is 15.8. The molecule has 0 aliphatic rings. The zero-order valence-electron chi connectivity index (χ0n) is 18.6. The van der Waals surface area contributed by atoms with Crippen LogP contribution in [0, 0.1) is 0 Å². The lowest BCUT2D eigenvalue weighted by atomic mass is 10.1. The molecule has 0 aromatic heterocycles. The maximum Gasteiger partial charge on any atom is 0.536 e. The Kier molecular flexibility index (Phi) is 20.0. The molecule has 0 radical (unpaired) electrons. The van der Waals surface area contributed by atoms with Crippen molar-refractivity contribution in [1.29, 1.82) is 0 Å². The molecule has 0 saturated heterocycles. The Morgan fingerprint density at radius 3 is 1.24 bits per heavy atom. The third-order valence-electron chi connectivity index (χ3n) is 4.31. The van der Waals surface area contributed by atoms with Gasteiger partial charge in [0, 0.05) is 20.8 Å². The first-order valence-corrected chi connectivity index (χ1v) is 12.1. The average Bonchev–Trinajstić information content (AvgIpc) is 2.57. The van der Waals surface area contributed by atoms with E-state index in [1.165, 1.54) is 78.6 Å². The Balaban J connectivity index is 0. The van der Waals surface area contributed by atoms with Gasteiger partial charge in [-0.25, -0.2) is 0 Å². The average molecular weight is 455 g/mol. The minimum absolute atomic E-state index is 0. The van der Waals surface area contributed by atoms with Crippen LogP contribution in [-0.4, -0.2) is 29.8 Å². The summed E-state index contributed by atoms with van der Waals surface area (Å²) in [6.45, 7) is 5.84. The smallest absolute Gasteiger partial charge is 0.536 e. The molecule has 0 amide bonds. The van der Waals surface area contributed by atoms with E-state index in [9.17, 15) is 14.4 Å². The second-order valence-electron chi connectivity index (χ2n) is 7.27. The van der Waals surface area contributed by atoms with Gasteiger partial charge in [0.05, 0.1) is 6.16 Å². The third kappa shape index (κ3) is 18.9. The standard InChI is InChI=1S/C21H39O6P.ClH/c1-5-6-7-8-9-10-11-12-13-14-15-16-17-28-21(25-18(2)22,26-19(3)23)27-20(4)24;/h28H,5-17H2,1-4H3;1H. The van der Waals surface area contributed by atoms with Crippen LogP contribution in [-0.2, 0) is 28.6 Å². The molecule has 172 valence electrons. The van der Waals surface area contributed by atoms with Crippen molar-refractivity contribution < 1.29 is 41.0 Å². The van der Waals surface area contributed by atoms with Crippen molar-refractivity contribution in [3.63, 3.8) is 0 Å². The highest BCUT2D eigenvalue weighted by atomic mass is 35.5. The van der Waals surface area contributed by atoms with Crippen LogP contribution in [0.3, 0.4) is 0 Å². The molecule has 0 N–H and O–H groups in total. The van der Waals surface area contributed by atoms with E-state index >= 15 is 0 Å². The first-order valence-electron chi connectivity index (χ1n) is 10.7. The first kappa shape index (κ1) is 30.3. The number of halogens is 1. The Morgan fingerprint density at radius 1 is 0.621 bits per heavy atom. The fourth-order valence-electron chi connectivity index (χ4n) is 3.05. The van der Waals surface area contributed by atoms with E-state index in [4.69, 9.17) is 14.2 Å². The van der Waals surface area contributed by atoms with Crippen molar-refractivity contribution in [1.82, 2.24) is 0 Å². The number of ether oxygens (including phenoxy) is 3. The number of carbonyl (C=O) groups is 3. The summed E-state index contributed by atoms with van der Waals surface area (Å²) in [5, 5.41) is 0. The molecule has 0 rings (SSSR count). The maximum absolute atomic E-state index is 11.4. The molecule has 6 nitrogen and oxygen atoms in total. The van der Waals surface area contributed by atoms with E-state index in [1.807, 2.05) is 0 Å². The van der Waals surface area contributed by atoms with Crippen molar-refractivity contribution in [2.75, 3.05) is 6.16 Å². The van der Waals surface area contributed by atoms with Crippen molar-refractivity contribution in [2.24, 2.45) is 0 Å². The van der Waals surface area contributed by atoms with Crippen molar-refractivity contribution in [2.45, 2.75) is 110 Å². The van der Waals surface area contributed by atoms with Crippen LogP contribution in [0.1, 0.15) is 105 Å². The van der Waals surface area contributed by atoms with Crippen LogP contribution in [0.15, 0.2) is 0 Å². The van der Waals surface area contributed by atoms with E-state index in [-0.39, 0.29) is 12.4 Å². The van der Waals surface area contributed by atoms with Crippen LogP contribution < -0.4 is 12.4 Å². The zero-order valence-corrected chi connectivity index (χ0v) is 20.5. The highest BCUT2D eigenvalue weighted by Gasteiger charge is 2.47. The highest BCUT2D eigenvalue weighted by Crippen LogP contribution is 2.37. The summed E-state index contributed by atoms with van der Waals surface area (Å²) in [6, 6.07) is 0. The monoisotopic (exact) mass is 454 g/mol. The maximum atomic E-state index is 11.4. The van der Waals surface area contributed by atoms with Gasteiger partial charge in [0.25, 0.3) is 0 Å². The highest BCUT2D eigenvalue weighted by molar-refractivity contribution is 7.39. The Morgan fingerprint density at radius 2 is 0.931 bits per heavy atom. The fraction of sp³-hybridized carbons (Fsp3) is 0.857. The first-order chi connectivity index (χ1) is 13.3. The van der Waals surface area contributed by atoms with Gasteiger partial charge in [0.15, 0.2) is 0 Å². The molecule has 0 bridgehead atoms. The molecule has 0 aliphatic carbocycles. The van der Waals surface area contributed by atoms with Crippen LogP contribution in [0.25, 0.3) is 0 Å².